The highest BCUT2D eigenvalue weighted by molar-refractivity contribution is 5.34. The van der Waals surface area contributed by atoms with Crippen LogP contribution in [0.1, 0.15) is 132 Å². The molecule has 9 N–H and O–H groups in total. The molecule has 0 bridgehead atoms. The van der Waals surface area contributed by atoms with Crippen LogP contribution in [0.2, 0.25) is 0 Å². The minimum atomic E-state index is -1.63. The summed E-state index contributed by atoms with van der Waals surface area (Å²) in [4.78, 5) is 20.7. The fourth-order valence-electron chi connectivity index (χ4n) is 8.92. The Kier molecular flexibility index (Phi) is 22.3. The van der Waals surface area contributed by atoms with Crippen molar-refractivity contribution in [3.63, 3.8) is 0 Å². The van der Waals surface area contributed by atoms with Gasteiger partial charge in [-0.05, 0) is 71.9 Å². The third kappa shape index (κ3) is 13.2. The van der Waals surface area contributed by atoms with Crippen LogP contribution in [0.4, 0.5) is 0 Å². The molecule has 0 aliphatic heterocycles. The number of hydrogen-bond donors (Lipinski definition) is 9. The molecule has 0 aliphatic carbocycles. The normalized spacial score (nSPS) is 15.7. The Morgan fingerprint density at radius 1 is 0.319 bits per heavy atom. The SMILES string of the molecule is CC(ON(C(c1ccccc1)C(C)C)C(CO)(CO)CO)c1cc(C(C)ON(C(c2ccccc2)C(C)C)C(CO)(CO)CO)cc(C(C)ON(C(c2ccccc2)C(C)C)C(CO)(CO)CO)c1. The zero-order valence-electron chi connectivity index (χ0n) is 42.0. The summed E-state index contributed by atoms with van der Waals surface area (Å²) in [5.74, 6) is -0.428. The van der Waals surface area contributed by atoms with Crippen LogP contribution in [0, 0.1) is 17.8 Å². The lowest BCUT2D eigenvalue weighted by Crippen LogP contribution is -2.59. The van der Waals surface area contributed by atoms with Gasteiger partial charge < -0.3 is 46.0 Å². The van der Waals surface area contributed by atoms with Gasteiger partial charge in [0, 0.05) is 0 Å². The third-order valence-corrected chi connectivity index (χ3v) is 13.4. The molecule has 0 fully saturated rings. The molecule has 15 nitrogen and oxygen atoms in total. The topological polar surface area (TPSA) is 219 Å². The molecule has 0 radical (unpaired) electrons. The third-order valence-electron chi connectivity index (χ3n) is 13.4. The number of hydrogen-bond acceptors (Lipinski definition) is 15. The molecule has 0 saturated heterocycles. The van der Waals surface area contributed by atoms with E-state index in [0.717, 1.165) is 16.7 Å². The lowest BCUT2D eigenvalue weighted by molar-refractivity contribution is -0.304. The van der Waals surface area contributed by atoms with Crippen molar-refractivity contribution in [1.82, 2.24) is 15.2 Å². The second-order valence-electron chi connectivity index (χ2n) is 19.5. The van der Waals surface area contributed by atoms with Gasteiger partial charge in [0.05, 0.1) is 77.6 Å². The molecule has 15 heteroatoms. The lowest BCUT2D eigenvalue weighted by Gasteiger charge is -2.47. The minimum Gasteiger partial charge on any atom is -0.394 e. The number of nitrogens with zero attached hydrogens (tertiary/aromatic N) is 3. The number of aliphatic hydroxyl groups is 9. The van der Waals surface area contributed by atoms with Gasteiger partial charge >= 0.3 is 0 Å². The summed E-state index contributed by atoms with van der Waals surface area (Å²) in [5.41, 5.74) is -0.677. The molecule has 0 spiro atoms. The maximum atomic E-state index is 10.9. The van der Waals surface area contributed by atoms with Crippen molar-refractivity contribution < 1.29 is 60.5 Å². The van der Waals surface area contributed by atoms with Crippen molar-refractivity contribution in [1.29, 1.82) is 0 Å². The highest BCUT2D eigenvalue weighted by Crippen LogP contribution is 2.42. The molecule has 4 aromatic rings. The van der Waals surface area contributed by atoms with Crippen LogP contribution in [0.5, 0.6) is 0 Å². The Balaban J connectivity index is 1.99. The van der Waals surface area contributed by atoms with E-state index in [-0.39, 0.29) is 17.8 Å². The van der Waals surface area contributed by atoms with Crippen LogP contribution in [-0.2, 0) is 14.5 Å². The van der Waals surface area contributed by atoms with Gasteiger partial charge in [-0.2, -0.15) is 15.2 Å². The van der Waals surface area contributed by atoms with Crippen molar-refractivity contribution in [3.05, 3.63) is 143 Å². The average Bonchev–Trinajstić information content (AvgIpc) is 3.36. The standard InChI is InChI=1S/C54H81N3O12/c1-37(2)49(43-19-13-10-14-20-43)55(52(28-58,29-59)30-60)67-40(7)46-25-47(41(8)68-56(53(31-61,32-62)33-63)50(38(3)4)44-21-15-11-16-22-44)27-48(26-46)42(9)69-57(54(34-64,35-65)36-66)51(39(5)6)45-23-17-12-18-24-45/h10-27,37-42,49-51,58-66H,28-36H2,1-9H3. The van der Waals surface area contributed by atoms with E-state index in [2.05, 4.69) is 0 Å². The van der Waals surface area contributed by atoms with Crippen molar-refractivity contribution in [2.75, 3.05) is 59.5 Å². The molecule has 0 aliphatic rings. The lowest BCUT2D eigenvalue weighted by atomic mass is 9.90. The van der Waals surface area contributed by atoms with Crippen LogP contribution >= 0.6 is 0 Å². The number of aliphatic hydroxyl groups excluding tert-OH is 9. The van der Waals surface area contributed by atoms with Gasteiger partial charge in [-0.1, -0.05) is 151 Å². The second-order valence-corrected chi connectivity index (χ2v) is 19.5. The quantitative estimate of drug-likeness (QED) is 0.0278. The molecule has 4 aromatic carbocycles. The molecule has 69 heavy (non-hydrogen) atoms. The fraction of sp³-hybridized carbons (Fsp3) is 0.556. The largest absolute Gasteiger partial charge is 0.394 e. The highest BCUT2D eigenvalue weighted by atomic mass is 16.7. The highest BCUT2D eigenvalue weighted by Gasteiger charge is 2.47. The zero-order chi connectivity index (χ0) is 51.1. The molecular formula is C54H81N3O12. The Hall–Kier alpha value is -3.72. The van der Waals surface area contributed by atoms with Crippen LogP contribution in [-0.4, -0.2) is 137 Å². The van der Waals surface area contributed by atoms with Gasteiger partial charge in [0.2, 0.25) is 0 Å². The van der Waals surface area contributed by atoms with Crippen LogP contribution in [0.25, 0.3) is 0 Å². The Bertz CT molecular complexity index is 1780. The van der Waals surface area contributed by atoms with Crippen LogP contribution in [0.3, 0.4) is 0 Å². The molecule has 4 rings (SSSR count). The van der Waals surface area contributed by atoms with Gasteiger partial charge in [0.25, 0.3) is 0 Å². The summed E-state index contributed by atoms with van der Waals surface area (Å²) in [6, 6.07) is 32.5. The molecule has 6 atom stereocenters. The van der Waals surface area contributed by atoms with Gasteiger partial charge in [-0.3, -0.25) is 14.5 Å². The van der Waals surface area contributed by atoms with Crippen molar-refractivity contribution in [3.8, 4) is 0 Å². The van der Waals surface area contributed by atoms with E-state index in [0.29, 0.717) is 16.7 Å². The van der Waals surface area contributed by atoms with E-state index in [1.165, 1.54) is 15.2 Å². The Morgan fingerprint density at radius 2 is 0.507 bits per heavy atom. The van der Waals surface area contributed by atoms with E-state index in [1.807, 2.05) is 172 Å². The maximum absolute atomic E-state index is 10.9. The van der Waals surface area contributed by atoms with Gasteiger partial charge in [0.15, 0.2) is 0 Å². The first-order valence-electron chi connectivity index (χ1n) is 24.1. The smallest absolute Gasteiger partial charge is 0.116 e. The van der Waals surface area contributed by atoms with E-state index >= 15 is 0 Å². The van der Waals surface area contributed by atoms with E-state index in [9.17, 15) is 46.0 Å². The minimum absolute atomic E-state index is 0.143. The second kappa shape index (κ2) is 26.6. The molecule has 0 aromatic heterocycles. The summed E-state index contributed by atoms with van der Waals surface area (Å²) in [6.07, 6.45) is -2.53. The van der Waals surface area contributed by atoms with Crippen molar-refractivity contribution in [2.24, 2.45) is 17.8 Å². The Labute approximate surface area is 409 Å². The fourth-order valence-corrected chi connectivity index (χ4v) is 8.92. The van der Waals surface area contributed by atoms with Gasteiger partial charge in [-0.15, -0.1) is 0 Å². The molecular weight excluding hydrogens is 883 g/mol. The van der Waals surface area contributed by atoms with Gasteiger partial charge in [-0.25, -0.2) is 0 Å². The molecule has 0 heterocycles. The molecule has 6 unspecified atom stereocenters. The molecule has 0 amide bonds. The summed E-state index contributed by atoms with van der Waals surface area (Å²) < 4.78 is 0. The van der Waals surface area contributed by atoms with E-state index < -0.39 is 113 Å². The monoisotopic (exact) mass is 964 g/mol. The summed E-state index contributed by atoms with van der Waals surface area (Å²) >= 11 is 0. The number of hydroxylamine groups is 6. The molecule has 0 saturated carbocycles. The van der Waals surface area contributed by atoms with Crippen LogP contribution < -0.4 is 0 Å². The van der Waals surface area contributed by atoms with Crippen LogP contribution in [0.15, 0.2) is 109 Å². The predicted molar refractivity (Wildman–Crippen MR) is 264 cm³/mol. The average molecular weight is 964 g/mol. The first-order chi connectivity index (χ1) is 33.0. The first kappa shape index (κ1) is 57.9. The van der Waals surface area contributed by atoms with Gasteiger partial charge in [0.1, 0.15) is 34.9 Å². The number of benzene rings is 4. The Morgan fingerprint density at radius 3 is 0.667 bits per heavy atom. The zero-order valence-corrected chi connectivity index (χ0v) is 42.0. The van der Waals surface area contributed by atoms with E-state index in [4.69, 9.17) is 14.5 Å². The summed E-state index contributed by atoms with van der Waals surface area (Å²) in [7, 11) is 0. The summed E-state index contributed by atoms with van der Waals surface area (Å²) in [5, 5.41) is 103. The van der Waals surface area contributed by atoms with Crippen molar-refractivity contribution in [2.45, 2.75) is 115 Å². The first-order valence-corrected chi connectivity index (χ1v) is 24.1. The number of rotatable bonds is 30. The predicted octanol–water partition coefficient (Wildman–Crippen LogP) is 5.91. The maximum Gasteiger partial charge on any atom is 0.116 e. The summed E-state index contributed by atoms with van der Waals surface area (Å²) in [6.45, 7) is 11.6. The van der Waals surface area contributed by atoms with E-state index in [1.54, 1.807) is 0 Å². The van der Waals surface area contributed by atoms with Crippen molar-refractivity contribution >= 4 is 0 Å². The molecule has 384 valence electrons.